The maximum Gasteiger partial charge on any atom is 0.137 e. The molecule has 0 spiro atoms. The Bertz CT molecular complexity index is 751. The van der Waals surface area contributed by atoms with Crippen LogP contribution in [0.3, 0.4) is 0 Å². The molecule has 19 heavy (non-hydrogen) atoms. The van der Waals surface area contributed by atoms with Gasteiger partial charge in [-0.3, -0.25) is 0 Å². The van der Waals surface area contributed by atoms with Gasteiger partial charge in [-0.15, -0.1) is 0 Å². The highest BCUT2D eigenvalue weighted by Crippen LogP contribution is 2.25. The van der Waals surface area contributed by atoms with E-state index in [4.69, 9.17) is 11.6 Å². The number of halogens is 3. The Morgan fingerprint density at radius 3 is 2.84 bits per heavy atom. The summed E-state index contributed by atoms with van der Waals surface area (Å²) in [5, 5.41) is 1.82. The topological polar surface area (TPSA) is 4.93 Å². The van der Waals surface area contributed by atoms with Gasteiger partial charge in [0.1, 0.15) is 5.82 Å². The normalized spacial score (nSPS) is 11.1. The largest absolute Gasteiger partial charge is 0.343 e. The van der Waals surface area contributed by atoms with Gasteiger partial charge in [-0.25, -0.2) is 4.39 Å². The molecule has 0 aliphatic rings. The molecule has 4 heteroatoms. The first-order valence-corrected chi connectivity index (χ1v) is 6.99. The summed E-state index contributed by atoms with van der Waals surface area (Å²) in [6, 6.07) is 12.9. The van der Waals surface area contributed by atoms with Gasteiger partial charge in [0.25, 0.3) is 0 Å². The average Bonchev–Trinajstić information content (AvgIpc) is 2.78. The third-order valence-corrected chi connectivity index (χ3v) is 4.23. The van der Waals surface area contributed by atoms with Gasteiger partial charge >= 0.3 is 0 Å². The monoisotopic (exact) mass is 337 g/mol. The summed E-state index contributed by atoms with van der Waals surface area (Å²) in [6.07, 6.45) is 1.98. The number of hydrogen-bond acceptors (Lipinski definition) is 0. The Morgan fingerprint density at radius 2 is 2.00 bits per heavy atom. The molecule has 0 bridgehead atoms. The van der Waals surface area contributed by atoms with Crippen molar-refractivity contribution in [2.45, 2.75) is 6.54 Å². The van der Waals surface area contributed by atoms with Crippen LogP contribution in [-0.4, -0.2) is 4.57 Å². The molecule has 0 aliphatic heterocycles. The van der Waals surface area contributed by atoms with Crippen molar-refractivity contribution in [1.29, 1.82) is 0 Å². The number of rotatable bonds is 2. The van der Waals surface area contributed by atoms with Crippen molar-refractivity contribution in [2.75, 3.05) is 0 Å². The summed E-state index contributed by atoms with van der Waals surface area (Å²) < 4.78 is 16.1. The maximum absolute atomic E-state index is 13.5. The number of fused-ring (bicyclic) bond motifs is 1. The molecule has 3 aromatic rings. The van der Waals surface area contributed by atoms with Gasteiger partial charge in [0, 0.05) is 23.3 Å². The third-order valence-electron chi connectivity index (χ3n) is 3.11. The van der Waals surface area contributed by atoms with E-state index in [1.807, 2.05) is 36.5 Å². The highest BCUT2D eigenvalue weighted by Gasteiger charge is 2.07. The zero-order chi connectivity index (χ0) is 13.4. The zero-order valence-corrected chi connectivity index (χ0v) is 12.2. The van der Waals surface area contributed by atoms with Gasteiger partial charge < -0.3 is 4.57 Å². The molecule has 0 atom stereocenters. The second kappa shape index (κ2) is 4.99. The van der Waals surface area contributed by atoms with E-state index in [-0.39, 0.29) is 5.82 Å². The fourth-order valence-corrected chi connectivity index (χ4v) is 2.71. The van der Waals surface area contributed by atoms with Crippen LogP contribution >= 0.6 is 27.5 Å². The first-order valence-electron chi connectivity index (χ1n) is 5.82. The molecule has 0 amide bonds. The molecule has 1 heterocycles. The summed E-state index contributed by atoms with van der Waals surface area (Å²) in [6.45, 7) is 0.599. The Labute approximate surface area is 123 Å². The highest BCUT2D eigenvalue weighted by atomic mass is 79.9. The van der Waals surface area contributed by atoms with E-state index in [0.29, 0.717) is 16.0 Å². The molecule has 0 aliphatic carbocycles. The summed E-state index contributed by atoms with van der Waals surface area (Å²) in [7, 11) is 0. The van der Waals surface area contributed by atoms with Crippen LogP contribution in [0.1, 0.15) is 5.56 Å². The fraction of sp³-hybridized carbons (Fsp3) is 0.0667. The van der Waals surface area contributed by atoms with Crippen molar-refractivity contribution in [3.63, 3.8) is 0 Å². The van der Waals surface area contributed by atoms with Crippen LogP contribution in [0.5, 0.6) is 0 Å². The van der Waals surface area contributed by atoms with Crippen LogP contribution in [0, 0.1) is 5.82 Å². The highest BCUT2D eigenvalue weighted by molar-refractivity contribution is 9.10. The average molecular weight is 339 g/mol. The summed E-state index contributed by atoms with van der Waals surface area (Å²) >= 11 is 9.31. The Balaban J connectivity index is 2.06. The minimum absolute atomic E-state index is 0.244. The molecule has 96 valence electrons. The number of benzene rings is 2. The van der Waals surface area contributed by atoms with Gasteiger partial charge in [-0.05, 0) is 51.1 Å². The molecule has 0 radical (unpaired) electrons. The third kappa shape index (κ3) is 2.40. The van der Waals surface area contributed by atoms with E-state index < -0.39 is 0 Å². The standard InChI is InChI=1S/C15H10BrClFN/c16-15-11(2-1-3-13(15)18)9-19-7-6-10-4-5-12(17)8-14(10)19/h1-8H,9H2. The van der Waals surface area contributed by atoms with Crippen molar-refractivity contribution in [3.05, 3.63) is 69.5 Å². The van der Waals surface area contributed by atoms with Crippen LogP contribution < -0.4 is 0 Å². The number of nitrogens with zero attached hydrogens (tertiary/aromatic N) is 1. The molecule has 0 N–H and O–H groups in total. The SMILES string of the molecule is Fc1cccc(Cn2ccc3ccc(Cl)cc32)c1Br. The van der Waals surface area contributed by atoms with Gasteiger partial charge in [0.15, 0.2) is 0 Å². The first-order chi connectivity index (χ1) is 9.15. The van der Waals surface area contributed by atoms with Crippen LogP contribution in [0.2, 0.25) is 5.02 Å². The van der Waals surface area contributed by atoms with Crippen molar-refractivity contribution in [1.82, 2.24) is 4.57 Å². The van der Waals surface area contributed by atoms with E-state index in [2.05, 4.69) is 20.5 Å². The number of aromatic nitrogens is 1. The summed E-state index contributed by atoms with van der Waals surface area (Å²) in [5.41, 5.74) is 1.95. The lowest BCUT2D eigenvalue weighted by Crippen LogP contribution is -1.99. The second-order valence-electron chi connectivity index (χ2n) is 4.36. The summed E-state index contributed by atoms with van der Waals surface area (Å²) in [4.78, 5) is 0. The molecule has 3 rings (SSSR count). The molecule has 1 nitrogen and oxygen atoms in total. The van der Waals surface area contributed by atoms with Gasteiger partial charge in [-0.2, -0.15) is 0 Å². The van der Waals surface area contributed by atoms with Crippen LogP contribution in [0.15, 0.2) is 53.1 Å². The van der Waals surface area contributed by atoms with Gasteiger partial charge in [0.2, 0.25) is 0 Å². The molecule has 0 saturated carbocycles. The molecule has 2 aromatic carbocycles. The van der Waals surface area contributed by atoms with Crippen LogP contribution in [-0.2, 0) is 6.54 Å². The van der Waals surface area contributed by atoms with Crippen molar-refractivity contribution in [2.24, 2.45) is 0 Å². The molecular formula is C15H10BrClFN. The molecule has 0 fully saturated rings. The van der Waals surface area contributed by atoms with Crippen molar-refractivity contribution in [3.8, 4) is 0 Å². The van der Waals surface area contributed by atoms with E-state index in [9.17, 15) is 4.39 Å². The molecule has 1 aromatic heterocycles. The predicted octanol–water partition coefficient (Wildman–Crippen LogP) is 5.24. The van der Waals surface area contributed by atoms with Gasteiger partial charge in [-0.1, -0.05) is 29.8 Å². The second-order valence-corrected chi connectivity index (χ2v) is 5.59. The molecule has 0 unspecified atom stereocenters. The van der Waals surface area contributed by atoms with Crippen molar-refractivity contribution >= 4 is 38.4 Å². The lowest BCUT2D eigenvalue weighted by atomic mass is 10.2. The predicted molar refractivity (Wildman–Crippen MR) is 80.2 cm³/mol. The summed E-state index contributed by atoms with van der Waals surface area (Å²) in [5.74, 6) is -0.244. The minimum Gasteiger partial charge on any atom is -0.343 e. The van der Waals surface area contributed by atoms with E-state index >= 15 is 0 Å². The zero-order valence-electron chi connectivity index (χ0n) is 9.91. The van der Waals surface area contributed by atoms with E-state index in [0.717, 1.165) is 16.5 Å². The quantitative estimate of drug-likeness (QED) is 0.602. The minimum atomic E-state index is -0.244. The Morgan fingerprint density at radius 1 is 1.16 bits per heavy atom. The Hall–Kier alpha value is -1.32. The first kappa shape index (κ1) is 12.7. The van der Waals surface area contributed by atoms with Crippen LogP contribution in [0.25, 0.3) is 10.9 Å². The van der Waals surface area contributed by atoms with Gasteiger partial charge in [0.05, 0.1) is 4.47 Å². The number of hydrogen-bond donors (Lipinski definition) is 0. The maximum atomic E-state index is 13.5. The lowest BCUT2D eigenvalue weighted by Gasteiger charge is -2.08. The Kier molecular flexibility index (Phi) is 3.33. The lowest BCUT2D eigenvalue weighted by molar-refractivity contribution is 0.616. The van der Waals surface area contributed by atoms with Crippen molar-refractivity contribution < 1.29 is 4.39 Å². The molecular weight excluding hydrogens is 329 g/mol. The fourth-order valence-electron chi connectivity index (χ4n) is 2.15. The van der Waals surface area contributed by atoms with E-state index in [1.165, 1.54) is 6.07 Å². The smallest absolute Gasteiger partial charge is 0.137 e. The van der Waals surface area contributed by atoms with E-state index in [1.54, 1.807) is 6.07 Å². The van der Waals surface area contributed by atoms with Crippen LogP contribution in [0.4, 0.5) is 4.39 Å². The molecule has 0 saturated heterocycles.